The molecule has 1 aromatic carbocycles. The van der Waals surface area contributed by atoms with E-state index >= 15 is 0 Å². The van der Waals surface area contributed by atoms with Crippen LogP contribution in [0.5, 0.6) is 0 Å². The van der Waals surface area contributed by atoms with Crippen molar-refractivity contribution in [2.75, 3.05) is 13.7 Å². The predicted molar refractivity (Wildman–Crippen MR) is 130 cm³/mol. The van der Waals surface area contributed by atoms with Crippen molar-refractivity contribution in [2.45, 2.75) is 102 Å². The Morgan fingerprint density at radius 1 is 0.833 bits per heavy atom. The van der Waals surface area contributed by atoms with E-state index in [1.54, 1.807) is 7.11 Å². The zero-order chi connectivity index (χ0) is 23.0. The molecular formula is C24H44O4Si2. The summed E-state index contributed by atoms with van der Waals surface area (Å²) in [6.45, 7) is 23.3. The van der Waals surface area contributed by atoms with Crippen molar-refractivity contribution in [1.29, 1.82) is 0 Å². The molecule has 1 heterocycles. The van der Waals surface area contributed by atoms with Crippen LogP contribution >= 0.6 is 0 Å². The van der Waals surface area contributed by atoms with Gasteiger partial charge in [-0.15, -0.1) is 0 Å². The van der Waals surface area contributed by atoms with Gasteiger partial charge < -0.3 is 18.3 Å². The maximum absolute atomic E-state index is 6.91. The highest BCUT2D eigenvalue weighted by atomic mass is 28.4. The largest absolute Gasteiger partial charge is 0.414 e. The zero-order valence-electron chi connectivity index (χ0n) is 21.0. The molecule has 0 amide bonds. The number of hydrogen-bond donors (Lipinski definition) is 0. The summed E-state index contributed by atoms with van der Waals surface area (Å²) in [5.41, 5.74) is 1.13. The molecule has 4 nitrogen and oxygen atoms in total. The zero-order valence-corrected chi connectivity index (χ0v) is 23.0. The highest BCUT2D eigenvalue weighted by Crippen LogP contribution is 2.44. The first-order valence-electron chi connectivity index (χ1n) is 11.2. The standard InChI is InChI=1S/C24H44O4Si2/c1-23(2,3)29(8,9)26-17-19-21(28-30(10,11)24(4,5)6)22(25-7)20(27-19)18-15-13-12-14-16-18/h12-16,19-22H,17H2,1-11H3/t19-,20+,21?,22+/m1/s1. The molecule has 2 rings (SSSR count). The molecule has 1 aliphatic rings. The van der Waals surface area contributed by atoms with Gasteiger partial charge in [-0.1, -0.05) is 71.9 Å². The van der Waals surface area contributed by atoms with Crippen molar-refractivity contribution in [1.82, 2.24) is 0 Å². The summed E-state index contributed by atoms with van der Waals surface area (Å²) in [4.78, 5) is 0. The highest BCUT2D eigenvalue weighted by molar-refractivity contribution is 6.74. The van der Waals surface area contributed by atoms with E-state index in [0.717, 1.165) is 5.56 Å². The maximum atomic E-state index is 6.91. The first-order valence-corrected chi connectivity index (χ1v) is 17.0. The second kappa shape index (κ2) is 9.16. The average molecular weight is 453 g/mol. The smallest absolute Gasteiger partial charge is 0.192 e. The van der Waals surface area contributed by atoms with Gasteiger partial charge in [-0.2, -0.15) is 0 Å². The second-order valence-corrected chi connectivity index (χ2v) is 21.2. The van der Waals surface area contributed by atoms with Gasteiger partial charge in [-0.05, 0) is 41.8 Å². The molecule has 1 aromatic rings. The molecule has 1 saturated heterocycles. The van der Waals surface area contributed by atoms with Crippen molar-refractivity contribution >= 4 is 16.6 Å². The van der Waals surface area contributed by atoms with Gasteiger partial charge in [0.05, 0.1) is 6.61 Å². The molecule has 1 unspecified atom stereocenters. The molecular weight excluding hydrogens is 408 g/mol. The van der Waals surface area contributed by atoms with E-state index < -0.39 is 16.6 Å². The van der Waals surface area contributed by atoms with E-state index in [1.165, 1.54) is 0 Å². The lowest BCUT2D eigenvalue weighted by atomic mass is 10.0. The quantitative estimate of drug-likeness (QED) is 0.439. The van der Waals surface area contributed by atoms with Crippen LogP contribution in [0, 0.1) is 0 Å². The Morgan fingerprint density at radius 3 is 1.83 bits per heavy atom. The molecule has 0 radical (unpaired) electrons. The van der Waals surface area contributed by atoms with Crippen LogP contribution in [0.3, 0.4) is 0 Å². The van der Waals surface area contributed by atoms with Crippen LogP contribution in [0.2, 0.25) is 36.3 Å². The molecule has 6 heteroatoms. The summed E-state index contributed by atoms with van der Waals surface area (Å²) in [5.74, 6) is 0. The van der Waals surface area contributed by atoms with Crippen LogP contribution < -0.4 is 0 Å². The lowest BCUT2D eigenvalue weighted by molar-refractivity contribution is -0.0200. The third-order valence-electron chi connectivity index (χ3n) is 7.36. The van der Waals surface area contributed by atoms with E-state index in [0.29, 0.717) is 6.61 Å². The Hall–Kier alpha value is -0.506. The molecule has 0 saturated carbocycles. The summed E-state index contributed by atoms with van der Waals surface area (Å²) in [6, 6.07) is 10.3. The predicted octanol–water partition coefficient (Wildman–Crippen LogP) is 6.55. The van der Waals surface area contributed by atoms with E-state index in [9.17, 15) is 0 Å². The highest BCUT2D eigenvalue weighted by Gasteiger charge is 2.51. The summed E-state index contributed by atoms with van der Waals surface area (Å²) in [5, 5.41) is 0.266. The Balaban J connectivity index is 2.33. The van der Waals surface area contributed by atoms with Gasteiger partial charge in [0.1, 0.15) is 24.4 Å². The summed E-state index contributed by atoms with van der Waals surface area (Å²) >= 11 is 0. The third kappa shape index (κ3) is 5.64. The number of hydrogen-bond acceptors (Lipinski definition) is 4. The van der Waals surface area contributed by atoms with Crippen LogP contribution in [0.15, 0.2) is 30.3 Å². The van der Waals surface area contributed by atoms with Crippen molar-refractivity contribution < 1.29 is 18.3 Å². The van der Waals surface area contributed by atoms with Crippen molar-refractivity contribution in [3.8, 4) is 0 Å². The van der Waals surface area contributed by atoms with Gasteiger partial charge >= 0.3 is 0 Å². The molecule has 0 spiro atoms. The Morgan fingerprint density at radius 2 is 1.37 bits per heavy atom. The first kappa shape index (κ1) is 25.8. The SMILES string of the molecule is CO[C@@H]1C(O[Si](C)(C)C(C)(C)C)[C@@H](CO[Si](C)(C)C(C)(C)C)O[C@H]1c1ccccc1. The van der Waals surface area contributed by atoms with Gasteiger partial charge in [0.25, 0.3) is 0 Å². The Labute approximate surface area is 186 Å². The molecule has 1 aliphatic heterocycles. The van der Waals surface area contributed by atoms with Crippen LogP contribution in [0.25, 0.3) is 0 Å². The second-order valence-electron chi connectivity index (χ2n) is 11.6. The fraction of sp³-hybridized carbons (Fsp3) is 0.750. The lowest BCUT2D eigenvalue weighted by Gasteiger charge is -2.41. The topological polar surface area (TPSA) is 36.9 Å². The fourth-order valence-corrected chi connectivity index (χ4v) is 5.53. The van der Waals surface area contributed by atoms with Crippen molar-refractivity contribution in [3.05, 3.63) is 35.9 Å². The molecule has 172 valence electrons. The third-order valence-corrected chi connectivity index (χ3v) is 16.3. The molecule has 0 bridgehead atoms. The van der Waals surface area contributed by atoms with Gasteiger partial charge in [-0.3, -0.25) is 0 Å². The Bertz CT molecular complexity index is 677. The van der Waals surface area contributed by atoms with Gasteiger partial charge in [0, 0.05) is 7.11 Å². The number of benzene rings is 1. The van der Waals surface area contributed by atoms with E-state index in [4.69, 9.17) is 18.3 Å². The Kier molecular flexibility index (Phi) is 7.86. The number of ether oxygens (including phenoxy) is 2. The molecule has 0 N–H and O–H groups in total. The molecule has 0 aromatic heterocycles. The lowest BCUT2D eigenvalue weighted by Crippen LogP contribution is -2.51. The van der Waals surface area contributed by atoms with E-state index in [2.05, 4.69) is 92.0 Å². The molecule has 1 fully saturated rings. The molecule has 30 heavy (non-hydrogen) atoms. The summed E-state index contributed by atoms with van der Waals surface area (Å²) in [6.07, 6.45) is -0.609. The van der Waals surface area contributed by atoms with Crippen LogP contribution in [0.4, 0.5) is 0 Å². The van der Waals surface area contributed by atoms with E-state index in [-0.39, 0.29) is 34.5 Å². The van der Waals surface area contributed by atoms with Gasteiger partial charge in [-0.25, -0.2) is 0 Å². The number of methoxy groups -OCH3 is 1. The minimum Gasteiger partial charge on any atom is -0.414 e. The number of rotatable bonds is 7. The van der Waals surface area contributed by atoms with Crippen LogP contribution in [0.1, 0.15) is 53.2 Å². The fourth-order valence-electron chi connectivity index (χ4n) is 3.20. The normalized spacial score (nSPS) is 26.2. The minimum atomic E-state index is -2.02. The van der Waals surface area contributed by atoms with Gasteiger partial charge in [0.15, 0.2) is 16.6 Å². The van der Waals surface area contributed by atoms with Crippen LogP contribution in [-0.2, 0) is 18.3 Å². The summed E-state index contributed by atoms with van der Waals surface area (Å²) in [7, 11) is -2.15. The maximum Gasteiger partial charge on any atom is 0.192 e. The van der Waals surface area contributed by atoms with Crippen molar-refractivity contribution in [3.63, 3.8) is 0 Å². The monoisotopic (exact) mass is 452 g/mol. The molecule has 4 atom stereocenters. The molecule has 0 aliphatic carbocycles. The van der Waals surface area contributed by atoms with Crippen LogP contribution in [-0.4, -0.2) is 48.7 Å². The van der Waals surface area contributed by atoms with Crippen molar-refractivity contribution in [2.24, 2.45) is 0 Å². The van der Waals surface area contributed by atoms with Gasteiger partial charge in [0.2, 0.25) is 0 Å². The van der Waals surface area contributed by atoms with E-state index in [1.807, 2.05) is 6.07 Å². The summed E-state index contributed by atoms with van der Waals surface area (Å²) < 4.78 is 26.1. The minimum absolute atomic E-state index is 0.112. The average Bonchev–Trinajstić information content (AvgIpc) is 2.95. The first-order chi connectivity index (χ1) is 13.6.